The van der Waals surface area contributed by atoms with Crippen LogP contribution in [0.3, 0.4) is 0 Å². The number of benzene rings is 2. The summed E-state index contributed by atoms with van der Waals surface area (Å²) in [6.07, 6.45) is 0.644. The van der Waals surface area contributed by atoms with E-state index in [1.54, 1.807) is 42.5 Å². The van der Waals surface area contributed by atoms with E-state index in [0.29, 0.717) is 22.7 Å². The van der Waals surface area contributed by atoms with Gasteiger partial charge in [0.15, 0.2) is 6.61 Å². The van der Waals surface area contributed by atoms with Gasteiger partial charge in [-0.1, -0.05) is 53.9 Å². The molecule has 0 unspecified atom stereocenters. The molecular formula is C21H22BrClN2O4. The summed E-state index contributed by atoms with van der Waals surface area (Å²) in [6, 6.07) is 12.5. The third-order valence-electron chi connectivity index (χ3n) is 4.31. The van der Waals surface area contributed by atoms with Crippen LogP contribution < -0.4 is 10.6 Å². The zero-order valence-electron chi connectivity index (χ0n) is 16.1. The lowest BCUT2D eigenvalue weighted by atomic mass is 9.99. The SMILES string of the molecule is CC[C@@H](C)[C@H](NC(=O)c1ccc(Cl)cc1)C(=O)OCC(=O)Nc1cccc(Br)c1. The normalized spacial score (nSPS) is 12.6. The molecule has 6 nitrogen and oxygen atoms in total. The molecule has 8 heteroatoms. The Kier molecular flexibility index (Phi) is 8.67. The first kappa shape index (κ1) is 22.9. The lowest BCUT2D eigenvalue weighted by molar-refractivity contribution is -0.150. The minimum atomic E-state index is -0.873. The van der Waals surface area contributed by atoms with Crippen molar-refractivity contribution in [3.8, 4) is 0 Å². The molecule has 2 atom stereocenters. The molecule has 0 saturated carbocycles. The van der Waals surface area contributed by atoms with Gasteiger partial charge in [-0.05, 0) is 48.4 Å². The first-order valence-electron chi connectivity index (χ1n) is 9.08. The maximum atomic E-state index is 12.5. The van der Waals surface area contributed by atoms with E-state index in [1.807, 2.05) is 19.9 Å². The highest BCUT2D eigenvalue weighted by Crippen LogP contribution is 2.16. The van der Waals surface area contributed by atoms with Crippen molar-refractivity contribution >= 4 is 51.0 Å². The molecular weight excluding hydrogens is 460 g/mol. The fraction of sp³-hybridized carbons (Fsp3) is 0.286. The van der Waals surface area contributed by atoms with Crippen LogP contribution in [-0.2, 0) is 14.3 Å². The molecule has 29 heavy (non-hydrogen) atoms. The summed E-state index contributed by atoms with van der Waals surface area (Å²) >= 11 is 9.16. The van der Waals surface area contributed by atoms with Crippen LogP contribution in [-0.4, -0.2) is 30.4 Å². The predicted molar refractivity (Wildman–Crippen MR) is 116 cm³/mol. The van der Waals surface area contributed by atoms with Gasteiger partial charge in [0.2, 0.25) is 0 Å². The molecule has 2 amide bonds. The maximum Gasteiger partial charge on any atom is 0.329 e. The topological polar surface area (TPSA) is 84.5 Å². The second-order valence-electron chi connectivity index (χ2n) is 6.51. The summed E-state index contributed by atoms with van der Waals surface area (Å²) < 4.78 is 5.96. The summed E-state index contributed by atoms with van der Waals surface area (Å²) in [5, 5.41) is 5.85. The van der Waals surface area contributed by atoms with Crippen LogP contribution in [0.15, 0.2) is 53.0 Å². The van der Waals surface area contributed by atoms with Gasteiger partial charge in [0.05, 0.1) is 0 Å². The van der Waals surface area contributed by atoms with Crippen molar-refractivity contribution in [1.29, 1.82) is 0 Å². The highest BCUT2D eigenvalue weighted by atomic mass is 79.9. The summed E-state index contributed by atoms with van der Waals surface area (Å²) in [7, 11) is 0. The second-order valence-corrected chi connectivity index (χ2v) is 7.86. The van der Waals surface area contributed by atoms with Crippen LogP contribution in [0.1, 0.15) is 30.6 Å². The Morgan fingerprint density at radius 2 is 1.83 bits per heavy atom. The molecule has 0 bridgehead atoms. The number of ether oxygens (including phenoxy) is 1. The average Bonchev–Trinajstić information content (AvgIpc) is 2.70. The van der Waals surface area contributed by atoms with Crippen molar-refractivity contribution in [3.05, 3.63) is 63.6 Å². The van der Waals surface area contributed by atoms with Crippen molar-refractivity contribution in [3.63, 3.8) is 0 Å². The molecule has 0 spiro atoms. The molecule has 2 aromatic carbocycles. The van der Waals surface area contributed by atoms with Gasteiger partial charge in [0.1, 0.15) is 6.04 Å². The zero-order chi connectivity index (χ0) is 21.4. The number of carbonyl (C=O) groups is 3. The van der Waals surface area contributed by atoms with Crippen molar-refractivity contribution in [2.45, 2.75) is 26.3 Å². The summed E-state index contributed by atoms with van der Waals surface area (Å²) in [5.74, 6) is -1.72. The highest BCUT2D eigenvalue weighted by molar-refractivity contribution is 9.10. The van der Waals surface area contributed by atoms with Gasteiger partial charge in [-0.2, -0.15) is 0 Å². The highest BCUT2D eigenvalue weighted by Gasteiger charge is 2.28. The van der Waals surface area contributed by atoms with Crippen molar-refractivity contribution in [1.82, 2.24) is 5.32 Å². The maximum absolute atomic E-state index is 12.5. The van der Waals surface area contributed by atoms with E-state index in [2.05, 4.69) is 26.6 Å². The van der Waals surface area contributed by atoms with Gasteiger partial charge < -0.3 is 15.4 Å². The van der Waals surface area contributed by atoms with Crippen LogP contribution in [0.5, 0.6) is 0 Å². The number of hydrogen-bond donors (Lipinski definition) is 2. The Morgan fingerprint density at radius 1 is 1.14 bits per heavy atom. The van der Waals surface area contributed by atoms with Crippen LogP contribution >= 0.6 is 27.5 Å². The molecule has 0 aliphatic heterocycles. The number of anilines is 1. The van der Waals surface area contributed by atoms with E-state index in [1.165, 1.54) is 0 Å². The van der Waals surface area contributed by atoms with Gasteiger partial charge in [-0.3, -0.25) is 9.59 Å². The van der Waals surface area contributed by atoms with E-state index >= 15 is 0 Å². The zero-order valence-corrected chi connectivity index (χ0v) is 18.4. The lowest BCUT2D eigenvalue weighted by Crippen LogP contribution is -2.46. The Balaban J connectivity index is 1.96. The number of esters is 1. The van der Waals surface area contributed by atoms with Crippen molar-refractivity contribution < 1.29 is 19.1 Å². The van der Waals surface area contributed by atoms with Crippen molar-refractivity contribution in [2.75, 3.05) is 11.9 Å². The first-order chi connectivity index (χ1) is 13.8. The van der Waals surface area contributed by atoms with E-state index in [4.69, 9.17) is 16.3 Å². The van der Waals surface area contributed by atoms with Gasteiger partial charge >= 0.3 is 5.97 Å². The van der Waals surface area contributed by atoms with E-state index in [9.17, 15) is 14.4 Å². The minimum absolute atomic E-state index is 0.174. The van der Waals surface area contributed by atoms with Crippen molar-refractivity contribution in [2.24, 2.45) is 5.92 Å². The number of halogens is 2. The molecule has 0 saturated heterocycles. The smallest absolute Gasteiger partial charge is 0.329 e. The molecule has 0 radical (unpaired) electrons. The van der Waals surface area contributed by atoms with Gasteiger partial charge in [0, 0.05) is 20.7 Å². The van der Waals surface area contributed by atoms with Crippen LogP contribution in [0.25, 0.3) is 0 Å². The fourth-order valence-electron chi connectivity index (χ4n) is 2.48. The van der Waals surface area contributed by atoms with E-state index in [-0.39, 0.29) is 5.92 Å². The summed E-state index contributed by atoms with van der Waals surface area (Å²) in [5.41, 5.74) is 0.956. The summed E-state index contributed by atoms with van der Waals surface area (Å²) in [4.78, 5) is 37.0. The van der Waals surface area contributed by atoms with E-state index < -0.39 is 30.4 Å². The first-order valence-corrected chi connectivity index (χ1v) is 10.3. The van der Waals surface area contributed by atoms with Gasteiger partial charge in [-0.15, -0.1) is 0 Å². The number of nitrogens with one attached hydrogen (secondary N) is 2. The molecule has 2 rings (SSSR count). The number of amides is 2. The van der Waals surface area contributed by atoms with E-state index in [0.717, 1.165) is 4.47 Å². The number of carbonyl (C=O) groups excluding carboxylic acids is 3. The molecule has 2 aromatic rings. The largest absolute Gasteiger partial charge is 0.454 e. The van der Waals surface area contributed by atoms with Gasteiger partial charge in [0.25, 0.3) is 11.8 Å². The Labute approximate surface area is 183 Å². The Bertz CT molecular complexity index is 873. The molecule has 0 fully saturated rings. The van der Waals surface area contributed by atoms with Crippen LogP contribution in [0, 0.1) is 5.92 Å². The molecule has 0 aromatic heterocycles. The predicted octanol–water partition coefficient (Wildman–Crippen LogP) is 4.43. The quantitative estimate of drug-likeness (QED) is 0.546. The average molecular weight is 482 g/mol. The Hall–Kier alpha value is -2.38. The van der Waals surface area contributed by atoms with Crippen LogP contribution in [0.2, 0.25) is 5.02 Å². The molecule has 0 aliphatic carbocycles. The van der Waals surface area contributed by atoms with Crippen LogP contribution in [0.4, 0.5) is 5.69 Å². The number of rotatable bonds is 8. The third kappa shape index (κ3) is 7.18. The lowest BCUT2D eigenvalue weighted by Gasteiger charge is -2.22. The fourth-order valence-corrected chi connectivity index (χ4v) is 3.01. The molecule has 154 valence electrons. The molecule has 2 N–H and O–H groups in total. The summed E-state index contributed by atoms with van der Waals surface area (Å²) in [6.45, 7) is 3.28. The standard InChI is InChI=1S/C21H22BrClN2O4/c1-3-13(2)19(25-20(27)14-7-9-16(23)10-8-14)21(28)29-12-18(26)24-17-6-4-5-15(22)11-17/h4-11,13,19H,3,12H2,1-2H3,(H,24,26)(H,25,27)/t13-,19+/m1/s1. The second kappa shape index (κ2) is 11.0. The number of hydrogen-bond acceptors (Lipinski definition) is 4. The minimum Gasteiger partial charge on any atom is -0.454 e. The third-order valence-corrected chi connectivity index (χ3v) is 5.06. The molecule has 0 heterocycles. The Morgan fingerprint density at radius 3 is 2.45 bits per heavy atom. The molecule has 0 aliphatic rings. The van der Waals surface area contributed by atoms with Gasteiger partial charge in [-0.25, -0.2) is 4.79 Å². The monoisotopic (exact) mass is 480 g/mol.